The molecule has 0 heterocycles. The van der Waals surface area contributed by atoms with Gasteiger partial charge in [-0.3, -0.25) is 9.98 Å². The van der Waals surface area contributed by atoms with Crippen LogP contribution in [0.4, 0.5) is 5.69 Å². The molecule has 0 atom stereocenters. The minimum atomic E-state index is -4.55. The fraction of sp³-hybridized carbons (Fsp3) is 0. The summed E-state index contributed by atoms with van der Waals surface area (Å²) in [6.07, 6.45) is 0. The maximum Gasteiger partial charge on any atom is 0.294 e. The molecule has 2 rings (SSSR count). The van der Waals surface area contributed by atoms with E-state index < -0.39 is 20.7 Å². The third kappa shape index (κ3) is 3.67. The molecule has 0 radical (unpaired) electrons. The summed E-state index contributed by atoms with van der Waals surface area (Å²) >= 11 is 0. The second kappa shape index (κ2) is 6.79. The van der Waals surface area contributed by atoms with Crippen molar-refractivity contribution < 1.29 is 18.1 Å². The Kier molecular flexibility index (Phi) is 4.80. The first-order chi connectivity index (χ1) is 11.4. The zero-order chi connectivity index (χ0) is 17.7. The Bertz CT molecular complexity index is 971. The van der Waals surface area contributed by atoms with Gasteiger partial charge in [0.05, 0.1) is 10.6 Å². The molecule has 0 saturated heterocycles. The molecular formula is C15H10N4O4S. The number of benzene rings is 2. The third-order valence-corrected chi connectivity index (χ3v) is 3.80. The minimum Gasteiger partial charge on any atom is -0.505 e. The number of hydrazone groups is 1. The van der Waals surface area contributed by atoms with Crippen LogP contribution in [-0.4, -0.2) is 23.8 Å². The lowest BCUT2D eigenvalue weighted by Crippen LogP contribution is -2.02. The Morgan fingerprint density at radius 1 is 1.12 bits per heavy atom. The number of nitriles is 2. The van der Waals surface area contributed by atoms with Crippen molar-refractivity contribution in [1.29, 1.82) is 10.5 Å². The minimum absolute atomic E-state index is 0.124. The van der Waals surface area contributed by atoms with Crippen LogP contribution in [0, 0.1) is 22.7 Å². The van der Waals surface area contributed by atoms with E-state index in [0.717, 1.165) is 12.1 Å². The van der Waals surface area contributed by atoms with Gasteiger partial charge in [-0.2, -0.15) is 24.0 Å². The molecule has 0 aliphatic rings. The van der Waals surface area contributed by atoms with Gasteiger partial charge in [0.1, 0.15) is 17.9 Å². The predicted molar refractivity (Wildman–Crippen MR) is 85.6 cm³/mol. The van der Waals surface area contributed by atoms with E-state index in [-0.39, 0.29) is 17.0 Å². The number of phenolic OH excluding ortho intramolecular Hbond substituents is 1. The first-order valence-electron chi connectivity index (χ1n) is 6.40. The Morgan fingerprint density at radius 3 is 2.29 bits per heavy atom. The van der Waals surface area contributed by atoms with E-state index >= 15 is 0 Å². The fourth-order valence-electron chi connectivity index (χ4n) is 1.87. The number of hydrogen-bond acceptors (Lipinski definition) is 7. The molecule has 0 fully saturated rings. The van der Waals surface area contributed by atoms with Gasteiger partial charge in [-0.05, 0) is 17.7 Å². The summed E-state index contributed by atoms with van der Waals surface area (Å²) in [5.41, 5.74) is 2.16. The first-order valence-corrected chi connectivity index (χ1v) is 7.84. The molecule has 0 unspecified atom stereocenters. The number of aromatic hydroxyl groups is 1. The maximum absolute atomic E-state index is 11.4. The molecule has 0 aliphatic carbocycles. The van der Waals surface area contributed by atoms with Gasteiger partial charge in [-0.25, -0.2) is 0 Å². The molecule has 120 valence electrons. The summed E-state index contributed by atoms with van der Waals surface area (Å²) in [7, 11) is -4.55. The molecule has 24 heavy (non-hydrogen) atoms. The van der Waals surface area contributed by atoms with E-state index in [0.29, 0.717) is 5.56 Å². The smallest absolute Gasteiger partial charge is 0.294 e. The lowest BCUT2D eigenvalue weighted by atomic mass is 10.0. The standard InChI is InChI=1S/C15H10N4O4S/c16-8-11(9-17)18-19-14-7-12(24(21,22)23)6-13(15(14)20)10-4-2-1-3-5-10/h1-7,19-20H,(H,21,22,23). The summed E-state index contributed by atoms with van der Waals surface area (Å²) in [4.78, 5) is -0.479. The third-order valence-electron chi connectivity index (χ3n) is 2.97. The van der Waals surface area contributed by atoms with Crippen LogP contribution in [0.1, 0.15) is 0 Å². The van der Waals surface area contributed by atoms with E-state index in [1.807, 2.05) is 0 Å². The van der Waals surface area contributed by atoms with E-state index in [2.05, 4.69) is 10.5 Å². The van der Waals surface area contributed by atoms with Gasteiger partial charge >= 0.3 is 0 Å². The van der Waals surface area contributed by atoms with E-state index in [4.69, 9.17) is 10.5 Å². The summed E-state index contributed by atoms with van der Waals surface area (Å²) < 4.78 is 32.1. The molecular weight excluding hydrogens is 332 g/mol. The van der Waals surface area contributed by atoms with E-state index in [9.17, 15) is 18.1 Å². The van der Waals surface area contributed by atoms with Crippen molar-refractivity contribution in [3.05, 3.63) is 42.5 Å². The van der Waals surface area contributed by atoms with Gasteiger partial charge in [0.25, 0.3) is 10.1 Å². The van der Waals surface area contributed by atoms with Crippen molar-refractivity contribution in [3.63, 3.8) is 0 Å². The van der Waals surface area contributed by atoms with Crippen molar-refractivity contribution in [3.8, 4) is 29.0 Å². The number of nitrogens with one attached hydrogen (secondary N) is 1. The number of rotatable bonds is 4. The average Bonchev–Trinajstić information content (AvgIpc) is 2.56. The van der Waals surface area contributed by atoms with Crippen molar-refractivity contribution in [2.45, 2.75) is 4.90 Å². The van der Waals surface area contributed by atoms with Gasteiger partial charge in [0.2, 0.25) is 5.71 Å². The predicted octanol–water partition coefficient (Wildman–Crippen LogP) is 2.12. The van der Waals surface area contributed by atoms with Crippen LogP contribution >= 0.6 is 0 Å². The zero-order valence-corrected chi connectivity index (χ0v) is 12.8. The molecule has 9 heteroatoms. The number of phenols is 1. The van der Waals surface area contributed by atoms with E-state index in [1.54, 1.807) is 30.3 Å². The highest BCUT2D eigenvalue weighted by molar-refractivity contribution is 7.85. The van der Waals surface area contributed by atoms with Crippen LogP contribution in [0.5, 0.6) is 5.75 Å². The fourth-order valence-corrected chi connectivity index (χ4v) is 2.40. The number of anilines is 1. The summed E-state index contributed by atoms with van der Waals surface area (Å²) in [5, 5.41) is 31.1. The Morgan fingerprint density at radius 2 is 1.75 bits per heavy atom. The van der Waals surface area contributed by atoms with Crippen molar-refractivity contribution in [1.82, 2.24) is 0 Å². The van der Waals surface area contributed by atoms with Crippen LogP contribution in [0.25, 0.3) is 11.1 Å². The summed E-state index contributed by atoms with van der Waals surface area (Å²) in [6.45, 7) is 0. The lowest BCUT2D eigenvalue weighted by molar-refractivity contribution is 0.476. The van der Waals surface area contributed by atoms with Gasteiger partial charge < -0.3 is 5.11 Å². The van der Waals surface area contributed by atoms with Crippen LogP contribution in [0.2, 0.25) is 0 Å². The molecule has 0 saturated carbocycles. The molecule has 0 aromatic heterocycles. The van der Waals surface area contributed by atoms with Crippen molar-refractivity contribution in [2.75, 3.05) is 5.43 Å². The van der Waals surface area contributed by atoms with Gasteiger partial charge in [0.15, 0.2) is 0 Å². The van der Waals surface area contributed by atoms with Crippen LogP contribution in [0.15, 0.2) is 52.5 Å². The highest BCUT2D eigenvalue weighted by Gasteiger charge is 2.18. The van der Waals surface area contributed by atoms with Crippen molar-refractivity contribution >= 4 is 21.5 Å². The summed E-state index contributed by atoms with van der Waals surface area (Å²) in [5.74, 6) is -0.354. The van der Waals surface area contributed by atoms with Gasteiger partial charge in [-0.15, -0.1) is 0 Å². The monoisotopic (exact) mass is 342 g/mol. The Hall–Kier alpha value is -3.40. The molecule has 3 N–H and O–H groups in total. The van der Waals surface area contributed by atoms with Crippen LogP contribution < -0.4 is 5.43 Å². The highest BCUT2D eigenvalue weighted by Crippen LogP contribution is 2.38. The lowest BCUT2D eigenvalue weighted by Gasteiger charge is -2.11. The molecule has 0 spiro atoms. The number of nitrogens with zero attached hydrogens (tertiary/aromatic N) is 3. The molecule has 2 aromatic carbocycles. The SMILES string of the molecule is N#CC(C#N)=NNc1cc(S(=O)(=O)O)cc(-c2ccccc2)c1O. The second-order valence-corrected chi connectivity index (χ2v) is 5.93. The molecule has 0 aliphatic heterocycles. The molecule has 0 bridgehead atoms. The van der Waals surface area contributed by atoms with Gasteiger partial charge in [-0.1, -0.05) is 30.3 Å². The quantitative estimate of drug-likeness (QED) is 0.334. The molecule has 0 amide bonds. The second-order valence-electron chi connectivity index (χ2n) is 4.50. The largest absolute Gasteiger partial charge is 0.505 e. The van der Waals surface area contributed by atoms with Crippen molar-refractivity contribution in [2.24, 2.45) is 5.10 Å². The molecule has 2 aromatic rings. The molecule has 8 nitrogen and oxygen atoms in total. The van der Waals surface area contributed by atoms with Crippen LogP contribution in [-0.2, 0) is 10.1 Å². The maximum atomic E-state index is 11.4. The summed E-state index contributed by atoms with van der Waals surface area (Å²) in [6, 6.07) is 13.4. The van der Waals surface area contributed by atoms with E-state index in [1.165, 1.54) is 12.1 Å². The Balaban J connectivity index is 2.66. The highest BCUT2D eigenvalue weighted by atomic mass is 32.2. The topological polar surface area (TPSA) is 147 Å². The van der Waals surface area contributed by atoms with Gasteiger partial charge in [0, 0.05) is 5.56 Å². The average molecular weight is 342 g/mol. The Labute approximate surface area is 137 Å². The normalized spacial score (nSPS) is 10.3. The van der Waals surface area contributed by atoms with Crippen LogP contribution in [0.3, 0.4) is 0 Å². The number of hydrogen-bond donors (Lipinski definition) is 3. The first kappa shape index (κ1) is 17.0. The zero-order valence-electron chi connectivity index (χ0n) is 12.0.